The third-order valence-electron chi connectivity index (χ3n) is 4.03. The van der Waals surface area contributed by atoms with E-state index >= 15 is 0 Å². The number of benzene rings is 1. The molecule has 4 heteroatoms. The smallest absolute Gasteiger partial charge is 0.123 e. The van der Waals surface area contributed by atoms with Crippen molar-refractivity contribution in [2.75, 3.05) is 19.6 Å². The largest absolute Gasteiger partial charge is 0.329 e. The minimum atomic E-state index is -0.195. The molecule has 0 aromatic heterocycles. The summed E-state index contributed by atoms with van der Waals surface area (Å²) in [7, 11) is 0. The number of hydrogen-bond acceptors (Lipinski definition) is 2. The van der Waals surface area contributed by atoms with E-state index in [4.69, 9.17) is 5.73 Å². The minimum Gasteiger partial charge on any atom is -0.329 e. The number of nitrogens with zero attached hydrogens (tertiary/aromatic N) is 1. The summed E-state index contributed by atoms with van der Waals surface area (Å²) in [5, 5.41) is 0. The summed E-state index contributed by atoms with van der Waals surface area (Å²) < 4.78 is 14.4. The molecule has 1 aliphatic rings. The molecule has 0 spiro atoms. The van der Waals surface area contributed by atoms with Gasteiger partial charge in [0, 0.05) is 17.1 Å². The van der Waals surface area contributed by atoms with Crippen molar-refractivity contribution in [3.8, 4) is 0 Å². The van der Waals surface area contributed by atoms with Crippen LogP contribution in [0.25, 0.3) is 0 Å². The molecule has 0 amide bonds. The van der Waals surface area contributed by atoms with E-state index < -0.39 is 0 Å². The minimum absolute atomic E-state index is 0.107. The molecule has 2 atom stereocenters. The Labute approximate surface area is 123 Å². The average molecular weight is 329 g/mol. The predicted molar refractivity (Wildman–Crippen MR) is 80.5 cm³/mol. The Bertz CT molecular complexity index is 425. The van der Waals surface area contributed by atoms with Gasteiger partial charge in [-0.25, -0.2) is 4.39 Å². The van der Waals surface area contributed by atoms with Crippen molar-refractivity contribution in [1.82, 2.24) is 4.90 Å². The van der Waals surface area contributed by atoms with Gasteiger partial charge in [-0.2, -0.15) is 0 Å². The van der Waals surface area contributed by atoms with Gasteiger partial charge in [-0.05, 0) is 62.0 Å². The summed E-state index contributed by atoms with van der Waals surface area (Å²) in [4.78, 5) is 2.41. The second-order valence-electron chi connectivity index (χ2n) is 5.49. The molecule has 19 heavy (non-hydrogen) atoms. The predicted octanol–water partition coefficient (Wildman–Crippen LogP) is 3.71. The highest BCUT2D eigenvalue weighted by molar-refractivity contribution is 9.10. The van der Waals surface area contributed by atoms with Crippen LogP contribution in [0.15, 0.2) is 22.7 Å². The fourth-order valence-electron chi connectivity index (χ4n) is 2.84. The monoisotopic (exact) mass is 328 g/mol. The summed E-state index contributed by atoms with van der Waals surface area (Å²) in [6.07, 6.45) is 3.67. The lowest BCUT2D eigenvalue weighted by atomic mass is 10.0. The van der Waals surface area contributed by atoms with Crippen molar-refractivity contribution in [2.45, 2.75) is 32.2 Å². The van der Waals surface area contributed by atoms with Crippen LogP contribution in [0.2, 0.25) is 0 Å². The van der Waals surface area contributed by atoms with Crippen molar-refractivity contribution in [2.24, 2.45) is 11.7 Å². The van der Waals surface area contributed by atoms with Crippen molar-refractivity contribution >= 4 is 15.9 Å². The fourth-order valence-corrected chi connectivity index (χ4v) is 3.35. The van der Waals surface area contributed by atoms with Gasteiger partial charge in [0.05, 0.1) is 0 Å². The molecule has 1 aliphatic heterocycles. The fraction of sp³-hybridized carbons (Fsp3) is 0.600. The van der Waals surface area contributed by atoms with Crippen molar-refractivity contribution in [1.29, 1.82) is 0 Å². The molecule has 2 nitrogen and oxygen atoms in total. The molecule has 0 saturated carbocycles. The van der Waals surface area contributed by atoms with E-state index in [9.17, 15) is 4.39 Å². The van der Waals surface area contributed by atoms with Gasteiger partial charge in [0.15, 0.2) is 0 Å². The first-order valence-electron chi connectivity index (χ1n) is 7.01. The van der Waals surface area contributed by atoms with E-state index in [-0.39, 0.29) is 11.9 Å². The zero-order chi connectivity index (χ0) is 13.8. The molecule has 1 saturated heterocycles. The lowest BCUT2D eigenvalue weighted by Gasteiger charge is -2.30. The lowest BCUT2D eigenvalue weighted by Crippen LogP contribution is -2.35. The Hall–Kier alpha value is -0.450. The maximum atomic E-state index is 13.5. The van der Waals surface area contributed by atoms with Crippen LogP contribution in [-0.4, -0.2) is 24.5 Å². The number of halogens is 2. The summed E-state index contributed by atoms with van der Waals surface area (Å²) in [6, 6.07) is 4.96. The number of hydrogen-bond donors (Lipinski definition) is 1. The molecule has 2 unspecified atom stereocenters. The summed E-state index contributed by atoms with van der Waals surface area (Å²) in [5.74, 6) is 0.583. The molecule has 1 heterocycles. The molecule has 1 fully saturated rings. The SMILES string of the molecule is CC1CCCN(C(CN)c2cc(F)ccc2Br)CC1. The molecule has 106 valence electrons. The standard InChI is InChI=1S/C15H22BrFN2/c1-11-3-2-7-19(8-6-11)15(10-18)13-9-12(17)4-5-14(13)16/h4-5,9,11,15H,2-3,6-8,10,18H2,1H3. The van der Waals surface area contributed by atoms with E-state index in [1.54, 1.807) is 12.1 Å². The second-order valence-corrected chi connectivity index (χ2v) is 6.34. The van der Waals surface area contributed by atoms with Crippen LogP contribution in [0, 0.1) is 11.7 Å². The van der Waals surface area contributed by atoms with Crippen molar-refractivity contribution in [3.63, 3.8) is 0 Å². The van der Waals surface area contributed by atoms with Crippen molar-refractivity contribution < 1.29 is 4.39 Å². The zero-order valence-electron chi connectivity index (χ0n) is 11.4. The maximum absolute atomic E-state index is 13.5. The van der Waals surface area contributed by atoms with Crippen LogP contribution in [0.1, 0.15) is 37.8 Å². The molecular formula is C15H22BrFN2. The highest BCUT2D eigenvalue weighted by Gasteiger charge is 2.23. The van der Waals surface area contributed by atoms with Gasteiger partial charge >= 0.3 is 0 Å². The molecule has 2 N–H and O–H groups in total. The van der Waals surface area contributed by atoms with Gasteiger partial charge in [-0.1, -0.05) is 22.9 Å². The zero-order valence-corrected chi connectivity index (χ0v) is 13.0. The summed E-state index contributed by atoms with van der Waals surface area (Å²) >= 11 is 3.52. The first kappa shape index (κ1) is 14.9. The van der Waals surface area contributed by atoms with E-state index in [1.807, 2.05) is 0 Å². The Morgan fingerprint density at radius 1 is 1.42 bits per heavy atom. The molecule has 0 aliphatic carbocycles. The average Bonchev–Trinajstić information content (AvgIpc) is 2.60. The van der Waals surface area contributed by atoms with E-state index in [2.05, 4.69) is 27.8 Å². The topological polar surface area (TPSA) is 29.3 Å². The first-order valence-corrected chi connectivity index (χ1v) is 7.80. The third-order valence-corrected chi connectivity index (χ3v) is 4.75. The highest BCUT2D eigenvalue weighted by atomic mass is 79.9. The Kier molecular flexibility index (Phi) is 5.37. The van der Waals surface area contributed by atoms with E-state index in [1.165, 1.54) is 25.3 Å². The van der Waals surface area contributed by atoms with Crippen LogP contribution >= 0.6 is 15.9 Å². The second kappa shape index (κ2) is 6.82. The molecule has 2 rings (SSSR count). The van der Waals surface area contributed by atoms with Crippen LogP contribution in [0.3, 0.4) is 0 Å². The van der Waals surface area contributed by atoms with Crippen molar-refractivity contribution in [3.05, 3.63) is 34.1 Å². The lowest BCUT2D eigenvalue weighted by molar-refractivity contribution is 0.206. The van der Waals surface area contributed by atoms with Gasteiger partial charge in [0.1, 0.15) is 5.82 Å². The van der Waals surface area contributed by atoms with Gasteiger partial charge in [0.2, 0.25) is 0 Å². The van der Waals surface area contributed by atoms with Gasteiger partial charge in [-0.15, -0.1) is 0 Å². The quantitative estimate of drug-likeness (QED) is 0.916. The number of likely N-dealkylation sites (tertiary alicyclic amines) is 1. The number of rotatable bonds is 3. The van der Waals surface area contributed by atoms with Gasteiger partial charge in [-0.3, -0.25) is 4.90 Å². The molecule has 0 bridgehead atoms. The maximum Gasteiger partial charge on any atom is 0.123 e. The Morgan fingerprint density at radius 2 is 2.21 bits per heavy atom. The summed E-state index contributed by atoms with van der Waals surface area (Å²) in [6.45, 7) is 4.93. The van der Waals surface area contributed by atoms with Gasteiger partial charge < -0.3 is 5.73 Å². The van der Waals surface area contributed by atoms with E-state index in [0.29, 0.717) is 6.54 Å². The Balaban J connectivity index is 2.21. The highest BCUT2D eigenvalue weighted by Crippen LogP contribution is 2.30. The molecule has 1 aromatic rings. The van der Waals surface area contributed by atoms with Crippen LogP contribution in [0.4, 0.5) is 4.39 Å². The van der Waals surface area contributed by atoms with E-state index in [0.717, 1.165) is 29.0 Å². The Morgan fingerprint density at radius 3 is 2.95 bits per heavy atom. The molecule has 1 aromatic carbocycles. The van der Waals surface area contributed by atoms with Crippen LogP contribution in [0.5, 0.6) is 0 Å². The third kappa shape index (κ3) is 3.77. The molecule has 0 radical (unpaired) electrons. The van der Waals surface area contributed by atoms with Crippen LogP contribution < -0.4 is 5.73 Å². The normalized spacial score (nSPS) is 23.1. The number of nitrogens with two attached hydrogens (primary N) is 1. The van der Waals surface area contributed by atoms with Crippen LogP contribution in [-0.2, 0) is 0 Å². The molecular weight excluding hydrogens is 307 g/mol. The summed E-state index contributed by atoms with van der Waals surface area (Å²) in [5.41, 5.74) is 6.92. The van der Waals surface area contributed by atoms with Gasteiger partial charge in [0.25, 0.3) is 0 Å². The first-order chi connectivity index (χ1) is 9.11.